The molecule has 0 radical (unpaired) electrons. The lowest BCUT2D eigenvalue weighted by molar-refractivity contribution is 0.590. The Morgan fingerprint density at radius 1 is 0.297 bits per heavy atom. The predicted octanol–water partition coefficient (Wildman–Crippen LogP) is 20.4. The summed E-state index contributed by atoms with van der Waals surface area (Å²) in [5.41, 5.74) is 19.2. The fraction of sp³-hybridized carbons (Fsp3) is 0.111. The quantitative estimate of drug-likeness (QED) is 0.138. The van der Waals surface area contributed by atoms with Crippen LogP contribution in [0.2, 0.25) is 0 Å². The van der Waals surface area contributed by atoms with E-state index in [4.69, 9.17) is 0 Å². The van der Waals surface area contributed by atoms with Gasteiger partial charge < -0.3 is 9.47 Å². The monoisotopic (exact) mass is 950 g/mol. The molecule has 1 aromatic heterocycles. The maximum atomic E-state index is 2.53. The van der Waals surface area contributed by atoms with Crippen molar-refractivity contribution in [2.24, 2.45) is 0 Å². The molecule has 1 heterocycles. The van der Waals surface area contributed by atoms with Gasteiger partial charge in [-0.2, -0.15) is 0 Å². The fourth-order valence-corrected chi connectivity index (χ4v) is 11.4. The Bertz CT molecular complexity index is 4170. The molecule has 0 unspecified atom stereocenters. The van der Waals surface area contributed by atoms with Gasteiger partial charge in [-0.3, -0.25) is 0 Å². The average molecular weight is 951 g/mol. The predicted molar refractivity (Wildman–Crippen MR) is 318 cm³/mol. The lowest BCUT2D eigenvalue weighted by Crippen LogP contribution is -2.11. The first-order valence-electron chi connectivity index (χ1n) is 26.1. The van der Waals surface area contributed by atoms with E-state index in [0.29, 0.717) is 0 Å². The second-order valence-corrected chi connectivity index (χ2v) is 22.2. The van der Waals surface area contributed by atoms with E-state index in [1.165, 1.54) is 104 Å². The van der Waals surface area contributed by atoms with Gasteiger partial charge in [0.15, 0.2) is 0 Å². The molecule has 13 rings (SSSR count). The highest BCUT2D eigenvalue weighted by Gasteiger charge is 2.24. The molecule has 0 spiro atoms. The van der Waals surface area contributed by atoms with Crippen molar-refractivity contribution in [1.82, 2.24) is 4.57 Å². The third kappa shape index (κ3) is 7.81. The lowest BCUT2D eigenvalue weighted by atomic mass is 9.85. The number of hydrogen-bond acceptors (Lipinski definition) is 1. The largest absolute Gasteiger partial charge is 0.310 e. The number of fused-ring (bicyclic) bond motifs is 3. The van der Waals surface area contributed by atoms with Crippen LogP contribution in [0.5, 0.6) is 0 Å². The number of aromatic nitrogens is 1. The fourth-order valence-electron chi connectivity index (χ4n) is 11.4. The first-order valence-corrected chi connectivity index (χ1v) is 26.1. The van der Waals surface area contributed by atoms with E-state index in [-0.39, 0.29) is 10.8 Å². The lowest BCUT2D eigenvalue weighted by Gasteiger charge is -2.29. The van der Waals surface area contributed by atoms with Gasteiger partial charge in [-0.1, -0.05) is 217 Å². The average Bonchev–Trinajstić information content (AvgIpc) is 3.76. The topological polar surface area (TPSA) is 8.17 Å². The first-order chi connectivity index (χ1) is 35.9. The maximum absolute atomic E-state index is 2.53. The van der Waals surface area contributed by atoms with E-state index in [1.807, 2.05) is 0 Å². The maximum Gasteiger partial charge on any atom is 0.0541 e. The summed E-state index contributed by atoms with van der Waals surface area (Å²) in [6.07, 6.45) is 0. The van der Waals surface area contributed by atoms with Crippen LogP contribution >= 0.6 is 0 Å². The van der Waals surface area contributed by atoms with Crippen LogP contribution in [0, 0.1) is 0 Å². The molecule has 0 N–H and O–H groups in total. The molecule has 2 heteroatoms. The van der Waals surface area contributed by atoms with Crippen molar-refractivity contribution in [3.63, 3.8) is 0 Å². The molecule has 0 saturated heterocycles. The Hall–Kier alpha value is -8.72. The number of rotatable bonds is 8. The molecule has 0 aliphatic carbocycles. The Morgan fingerprint density at radius 2 is 0.703 bits per heavy atom. The summed E-state index contributed by atoms with van der Waals surface area (Å²) in [5.74, 6) is 0. The number of nitrogens with zero attached hydrogens (tertiary/aromatic N) is 2. The molecular weight excluding hydrogens is 893 g/mol. The van der Waals surface area contributed by atoms with Crippen LogP contribution in [0.15, 0.2) is 243 Å². The zero-order valence-electron chi connectivity index (χ0n) is 43.0. The summed E-state index contributed by atoms with van der Waals surface area (Å²) in [5, 5.41) is 10.1. The summed E-state index contributed by atoms with van der Waals surface area (Å²) in [6, 6.07) is 90.4. The summed E-state index contributed by atoms with van der Waals surface area (Å²) in [6.45, 7) is 13.9. The third-order valence-corrected chi connectivity index (χ3v) is 15.4. The zero-order chi connectivity index (χ0) is 50.3. The molecular formula is C72H58N2. The molecule has 0 aliphatic heterocycles. The van der Waals surface area contributed by atoms with Crippen molar-refractivity contribution in [3.05, 3.63) is 254 Å². The first kappa shape index (κ1) is 45.2. The molecule has 0 aliphatic rings. The van der Waals surface area contributed by atoms with Gasteiger partial charge in [0.25, 0.3) is 0 Å². The molecule has 12 aromatic carbocycles. The van der Waals surface area contributed by atoms with Gasteiger partial charge in [-0.25, -0.2) is 0 Å². The summed E-state index contributed by atoms with van der Waals surface area (Å²) in [4.78, 5) is 2.48. The van der Waals surface area contributed by atoms with Crippen LogP contribution in [0.25, 0.3) is 104 Å². The standard InChI is InChI=1S/C72H58N2/c1-71(2,3)57-34-40-67-63(45-57)64-46-58(72(4,5)6)35-41-68(64)74(67)66-39-33-52-30-36-61-65(38-32-51-31-37-62(66)70(52)69(51)61)73(59-24-14-22-55(43-59)50-28-26-49(27-29-50)47-16-9-7-10-17-47)60-25-15-23-56(44-60)54-21-13-20-53(42-54)48-18-11-8-12-19-48/h7-46H,1-6H3. The van der Waals surface area contributed by atoms with Gasteiger partial charge >= 0.3 is 0 Å². The van der Waals surface area contributed by atoms with Crippen LogP contribution in [-0.2, 0) is 10.8 Å². The number of benzene rings is 12. The van der Waals surface area contributed by atoms with Gasteiger partial charge in [-0.15, -0.1) is 0 Å². The minimum absolute atomic E-state index is 0.0209. The molecule has 356 valence electrons. The highest BCUT2D eigenvalue weighted by Crippen LogP contribution is 2.47. The van der Waals surface area contributed by atoms with Crippen molar-refractivity contribution >= 4 is 71.2 Å². The van der Waals surface area contributed by atoms with E-state index < -0.39 is 0 Å². The normalized spacial score (nSPS) is 12.2. The van der Waals surface area contributed by atoms with Crippen LogP contribution < -0.4 is 4.90 Å². The van der Waals surface area contributed by atoms with Crippen molar-refractivity contribution < 1.29 is 0 Å². The van der Waals surface area contributed by atoms with E-state index in [0.717, 1.165) is 28.2 Å². The Balaban J connectivity index is 1.01. The van der Waals surface area contributed by atoms with Crippen molar-refractivity contribution in [2.75, 3.05) is 4.90 Å². The van der Waals surface area contributed by atoms with Gasteiger partial charge in [0.1, 0.15) is 0 Å². The number of hydrogen-bond donors (Lipinski definition) is 0. The highest BCUT2D eigenvalue weighted by atomic mass is 15.1. The van der Waals surface area contributed by atoms with Crippen LogP contribution in [0.4, 0.5) is 17.1 Å². The Morgan fingerprint density at radius 3 is 1.26 bits per heavy atom. The van der Waals surface area contributed by atoms with Crippen LogP contribution in [-0.4, -0.2) is 4.57 Å². The summed E-state index contributed by atoms with van der Waals surface area (Å²) in [7, 11) is 0. The summed E-state index contributed by atoms with van der Waals surface area (Å²) >= 11 is 0. The molecule has 13 aromatic rings. The van der Waals surface area contributed by atoms with Gasteiger partial charge in [0.05, 0.1) is 22.4 Å². The van der Waals surface area contributed by atoms with Crippen molar-refractivity contribution in [2.45, 2.75) is 52.4 Å². The van der Waals surface area contributed by atoms with E-state index in [2.05, 4.69) is 294 Å². The van der Waals surface area contributed by atoms with E-state index in [9.17, 15) is 0 Å². The van der Waals surface area contributed by atoms with Gasteiger partial charge in [0.2, 0.25) is 0 Å². The smallest absolute Gasteiger partial charge is 0.0541 e. The molecule has 2 nitrogen and oxygen atoms in total. The SMILES string of the molecule is CC(C)(C)c1ccc2c(c1)c1cc(C(C)(C)C)ccc1n2-c1ccc2ccc3c(N(c4cccc(-c5ccc(-c6ccccc6)cc5)c4)c4cccc(-c5cccc(-c6ccccc6)c5)c4)ccc4ccc1c2c43. The molecule has 0 fully saturated rings. The van der Waals surface area contributed by atoms with Gasteiger partial charge in [0, 0.05) is 32.9 Å². The van der Waals surface area contributed by atoms with Gasteiger partial charge in [-0.05, 0) is 155 Å². The molecule has 0 saturated carbocycles. The van der Waals surface area contributed by atoms with Crippen LogP contribution in [0.3, 0.4) is 0 Å². The molecule has 0 bridgehead atoms. The second kappa shape index (κ2) is 17.5. The van der Waals surface area contributed by atoms with E-state index >= 15 is 0 Å². The minimum Gasteiger partial charge on any atom is -0.310 e. The Labute approximate surface area is 434 Å². The Kier molecular flexibility index (Phi) is 10.7. The third-order valence-electron chi connectivity index (χ3n) is 15.4. The van der Waals surface area contributed by atoms with Crippen molar-refractivity contribution in [1.29, 1.82) is 0 Å². The molecule has 0 atom stereocenters. The highest BCUT2D eigenvalue weighted by molar-refractivity contribution is 6.27. The van der Waals surface area contributed by atoms with E-state index in [1.54, 1.807) is 0 Å². The summed E-state index contributed by atoms with van der Waals surface area (Å²) < 4.78 is 2.53. The zero-order valence-corrected chi connectivity index (χ0v) is 43.0. The van der Waals surface area contributed by atoms with Crippen LogP contribution in [0.1, 0.15) is 52.7 Å². The molecule has 74 heavy (non-hydrogen) atoms. The minimum atomic E-state index is 0.0209. The van der Waals surface area contributed by atoms with Crippen molar-refractivity contribution in [3.8, 4) is 50.2 Å². The second-order valence-electron chi connectivity index (χ2n) is 22.2. The molecule has 0 amide bonds. The number of anilines is 3.